The first-order chi connectivity index (χ1) is 16.2. The van der Waals surface area contributed by atoms with Crippen molar-refractivity contribution in [1.82, 2.24) is 14.5 Å². The van der Waals surface area contributed by atoms with Crippen LogP contribution in [0.3, 0.4) is 0 Å². The molecule has 0 radical (unpaired) electrons. The molecule has 5 nitrogen and oxygen atoms in total. The van der Waals surface area contributed by atoms with Gasteiger partial charge in [0.05, 0.1) is 24.7 Å². The lowest BCUT2D eigenvalue weighted by Gasteiger charge is -2.12. The smallest absolute Gasteiger partial charge is 0.226 e. The second kappa shape index (κ2) is 9.57. The molecule has 0 aliphatic heterocycles. The lowest BCUT2D eigenvalue weighted by molar-refractivity contribution is 0.414. The van der Waals surface area contributed by atoms with Gasteiger partial charge in [-0.3, -0.25) is 4.57 Å². The van der Waals surface area contributed by atoms with Gasteiger partial charge in [0.15, 0.2) is 5.16 Å². The summed E-state index contributed by atoms with van der Waals surface area (Å²) < 4.78 is 13.1. The Morgan fingerprint density at radius 3 is 2.42 bits per heavy atom. The number of nitrogens with zero attached hydrogens (tertiary/aromatic N) is 3. The number of rotatable bonds is 7. The second-order valence-corrected chi connectivity index (χ2v) is 8.64. The Balaban J connectivity index is 1.45. The minimum atomic E-state index is 0.617. The fraction of sp³-hybridized carbons (Fsp3) is 0.0769. The zero-order valence-corrected chi connectivity index (χ0v) is 19.4. The molecule has 5 rings (SSSR count). The van der Waals surface area contributed by atoms with Crippen LogP contribution in [0.2, 0.25) is 5.02 Å². The molecule has 2 heterocycles. The first kappa shape index (κ1) is 21.4. The molecule has 0 saturated carbocycles. The highest BCUT2D eigenvalue weighted by atomic mass is 35.5. The summed E-state index contributed by atoms with van der Waals surface area (Å²) in [6.07, 6.45) is 3.59. The lowest BCUT2D eigenvalue weighted by atomic mass is 10.1. The van der Waals surface area contributed by atoms with Gasteiger partial charge in [-0.2, -0.15) is 0 Å². The highest BCUT2D eigenvalue weighted by molar-refractivity contribution is 7.98. The van der Waals surface area contributed by atoms with Gasteiger partial charge in [-0.05, 0) is 48.5 Å². The van der Waals surface area contributed by atoms with Crippen molar-refractivity contribution < 1.29 is 9.15 Å². The Morgan fingerprint density at radius 2 is 1.70 bits per heavy atom. The Hall–Kier alpha value is -3.48. The lowest BCUT2D eigenvalue weighted by Crippen LogP contribution is -1.99. The fourth-order valence-corrected chi connectivity index (χ4v) is 4.46. The van der Waals surface area contributed by atoms with E-state index in [1.165, 1.54) is 0 Å². The number of hydrogen-bond acceptors (Lipinski definition) is 5. The maximum absolute atomic E-state index is 6.10. The number of benzene rings is 3. The van der Waals surface area contributed by atoms with Crippen molar-refractivity contribution in [2.75, 3.05) is 7.11 Å². The summed E-state index contributed by atoms with van der Waals surface area (Å²) in [5, 5.41) is 1.55. The molecule has 0 unspecified atom stereocenters. The van der Waals surface area contributed by atoms with Crippen LogP contribution in [0.4, 0.5) is 0 Å². The first-order valence-corrected chi connectivity index (χ1v) is 11.7. The Morgan fingerprint density at radius 1 is 0.939 bits per heavy atom. The molecule has 0 aliphatic rings. The zero-order valence-electron chi connectivity index (χ0n) is 17.8. The van der Waals surface area contributed by atoms with Crippen molar-refractivity contribution in [3.05, 3.63) is 102 Å². The van der Waals surface area contributed by atoms with Gasteiger partial charge in [0, 0.05) is 27.6 Å². The third-order valence-corrected chi connectivity index (χ3v) is 6.36. The molecule has 0 bridgehead atoms. The van der Waals surface area contributed by atoms with E-state index in [1.54, 1.807) is 25.1 Å². The predicted molar refractivity (Wildman–Crippen MR) is 132 cm³/mol. The topological polar surface area (TPSA) is 53.1 Å². The average Bonchev–Trinajstić information content (AvgIpc) is 3.51. The first-order valence-electron chi connectivity index (χ1n) is 10.3. The molecule has 0 saturated heterocycles. The summed E-state index contributed by atoms with van der Waals surface area (Å²) in [6, 6.07) is 25.6. The molecule has 7 heteroatoms. The van der Waals surface area contributed by atoms with Crippen LogP contribution in [-0.2, 0) is 5.75 Å². The van der Waals surface area contributed by atoms with Crippen LogP contribution >= 0.6 is 23.4 Å². The molecule has 0 fully saturated rings. The SMILES string of the molecule is COc1ccc(-n2c(-c3ccc(Cl)cc3)cnc2SCc2coc(-c3ccccc3)n2)cc1. The monoisotopic (exact) mass is 473 g/mol. The highest BCUT2D eigenvalue weighted by Gasteiger charge is 2.16. The molecule has 0 N–H and O–H groups in total. The molecule has 0 atom stereocenters. The molecule has 164 valence electrons. The Kier molecular flexibility index (Phi) is 6.19. The fourth-order valence-electron chi connectivity index (χ4n) is 3.47. The maximum Gasteiger partial charge on any atom is 0.226 e. The van der Waals surface area contributed by atoms with E-state index in [0.29, 0.717) is 16.7 Å². The summed E-state index contributed by atoms with van der Waals surface area (Å²) in [5.41, 5.74) is 4.81. The summed E-state index contributed by atoms with van der Waals surface area (Å²) in [6.45, 7) is 0. The molecule has 33 heavy (non-hydrogen) atoms. The van der Waals surface area contributed by atoms with Crippen molar-refractivity contribution >= 4 is 23.4 Å². The van der Waals surface area contributed by atoms with E-state index in [1.807, 2.05) is 85.1 Å². The Bertz CT molecular complexity index is 1350. The summed E-state index contributed by atoms with van der Waals surface area (Å²) in [7, 11) is 1.66. The third kappa shape index (κ3) is 4.67. The van der Waals surface area contributed by atoms with Crippen molar-refractivity contribution in [2.45, 2.75) is 10.9 Å². The van der Waals surface area contributed by atoms with Crippen molar-refractivity contribution in [3.8, 4) is 34.1 Å². The molecule has 0 aliphatic carbocycles. The maximum atomic E-state index is 6.10. The van der Waals surface area contributed by atoms with Crippen molar-refractivity contribution in [3.63, 3.8) is 0 Å². The van der Waals surface area contributed by atoms with E-state index in [2.05, 4.69) is 9.55 Å². The van der Waals surface area contributed by atoms with Gasteiger partial charge in [0.2, 0.25) is 5.89 Å². The largest absolute Gasteiger partial charge is 0.497 e. The van der Waals surface area contributed by atoms with Gasteiger partial charge in [0.1, 0.15) is 12.0 Å². The van der Waals surface area contributed by atoms with Crippen LogP contribution in [-0.4, -0.2) is 21.6 Å². The predicted octanol–water partition coefficient (Wildman–Crippen LogP) is 7.15. The van der Waals surface area contributed by atoms with Gasteiger partial charge in [-0.15, -0.1) is 0 Å². The van der Waals surface area contributed by atoms with Gasteiger partial charge in [-0.25, -0.2) is 9.97 Å². The zero-order chi connectivity index (χ0) is 22.6. The molecular weight excluding hydrogens is 454 g/mol. The number of hydrogen-bond donors (Lipinski definition) is 0. The van der Waals surface area contributed by atoms with E-state index < -0.39 is 0 Å². The van der Waals surface area contributed by atoms with Crippen LogP contribution < -0.4 is 4.74 Å². The molecule has 3 aromatic carbocycles. The van der Waals surface area contributed by atoms with Crippen LogP contribution in [0.25, 0.3) is 28.4 Å². The summed E-state index contributed by atoms with van der Waals surface area (Å²) in [5.74, 6) is 2.05. The van der Waals surface area contributed by atoms with Crippen molar-refractivity contribution in [1.29, 1.82) is 0 Å². The number of oxazole rings is 1. The number of methoxy groups -OCH3 is 1. The van der Waals surface area contributed by atoms with Crippen LogP contribution in [0, 0.1) is 0 Å². The van der Waals surface area contributed by atoms with Gasteiger partial charge < -0.3 is 9.15 Å². The normalized spacial score (nSPS) is 11.0. The van der Waals surface area contributed by atoms with Crippen LogP contribution in [0.15, 0.2) is 101 Å². The minimum Gasteiger partial charge on any atom is -0.497 e. The summed E-state index contributed by atoms with van der Waals surface area (Å²) >= 11 is 7.71. The van der Waals surface area contributed by atoms with Crippen LogP contribution in [0.1, 0.15) is 5.69 Å². The van der Waals surface area contributed by atoms with Gasteiger partial charge in [0.25, 0.3) is 0 Å². The summed E-state index contributed by atoms with van der Waals surface area (Å²) in [4.78, 5) is 9.36. The number of imidazole rings is 1. The number of thioether (sulfide) groups is 1. The van der Waals surface area contributed by atoms with E-state index in [0.717, 1.165) is 39.1 Å². The molecular formula is C26H20ClN3O2S. The molecule has 0 amide bonds. The molecule has 5 aromatic rings. The standard InChI is InChI=1S/C26H20ClN3O2S/c1-31-23-13-11-22(12-14-23)30-24(18-7-9-20(27)10-8-18)15-28-26(30)33-17-21-16-32-25(29-21)19-5-3-2-4-6-19/h2-16H,17H2,1H3. The van der Waals surface area contributed by atoms with Gasteiger partial charge in [-0.1, -0.05) is 53.7 Å². The van der Waals surface area contributed by atoms with E-state index in [-0.39, 0.29) is 0 Å². The second-order valence-electron chi connectivity index (χ2n) is 7.27. The minimum absolute atomic E-state index is 0.617. The molecule has 2 aromatic heterocycles. The Labute approximate surface area is 201 Å². The van der Waals surface area contributed by atoms with E-state index >= 15 is 0 Å². The third-order valence-electron chi connectivity index (χ3n) is 5.12. The van der Waals surface area contributed by atoms with Gasteiger partial charge >= 0.3 is 0 Å². The number of halogens is 1. The van der Waals surface area contributed by atoms with E-state index in [9.17, 15) is 0 Å². The number of ether oxygens (including phenoxy) is 1. The average molecular weight is 474 g/mol. The highest BCUT2D eigenvalue weighted by Crippen LogP contribution is 2.33. The molecule has 0 spiro atoms. The van der Waals surface area contributed by atoms with E-state index in [4.69, 9.17) is 25.7 Å². The van der Waals surface area contributed by atoms with Crippen molar-refractivity contribution in [2.24, 2.45) is 0 Å². The quantitative estimate of drug-likeness (QED) is 0.235. The number of aromatic nitrogens is 3. The van der Waals surface area contributed by atoms with Crippen LogP contribution in [0.5, 0.6) is 5.75 Å².